The zero-order chi connectivity index (χ0) is 13.2. The van der Waals surface area contributed by atoms with E-state index in [1.807, 2.05) is 14.0 Å². The quantitative estimate of drug-likeness (QED) is 0.836. The lowest BCUT2D eigenvalue weighted by molar-refractivity contribution is 0.419. The first-order chi connectivity index (χ1) is 8.59. The molecule has 0 radical (unpaired) electrons. The minimum absolute atomic E-state index is 0.149. The van der Waals surface area contributed by atoms with E-state index in [4.69, 9.17) is 0 Å². The van der Waals surface area contributed by atoms with Crippen LogP contribution in [0.5, 0.6) is 0 Å². The lowest BCUT2D eigenvalue weighted by atomic mass is 10.3. The van der Waals surface area contributed by atoms with Crippen molar-refractivity contribution in [3.8, 4) is 0 Å². The van der Waals surface area contributed by atoms with Crippen molar-refractivity contribution in [2.24, 2.45) is 0 Å². The highest BCUT2D eigenvalue weighted by Crippen LogP contribution is 2.31. The Balaban J connectivity index is 2.23. The number of pyridine rings is 1. The van der Waals surface area contributed by atoms with E-state index in [9.17, 15) is 8.42 Å². The smallest absolute Gasteiger partial charge is 0.260 e. The van der Waals surface area contributed by atoms with Gasteiger partial charge in [0.05, 0.1) is 0 Å². The van der Waals surface area contributed by atoms with Crippen LogP contribution in [0.25, 0.3) is 0 Å². The molecule has 0 saturated heterocycles. The molecule has 18 heavy (non-hydrogen) atoms. The summed E-state index contributed by atoms with van der Waals surface area (Å²) in [4.78, 5) is 4.08. The molecule has 100 valence electrons. The van der Waals surface area contributed by atoms with E-state index in [0.29, 0.717) is 13.1 Å². The largest absolute Gasteiger partial charge is 0.316 e. The summed E-state index contributed by atoms with van der Waals surface area (Å²) in [6, 6.07) is 3.57. The first-order valence-electron chi connectivity index (χ1n) is 6.21. The first-order valence-corrected chi connectivity index (χ1v) is 7.65. The van der Waals surface area contributed by atoms with Crippen molar-refractivity contribution < 1.29 is 8.42 Å². The summed E-state index contributed by atoms with van der Waals surface area (Å²) in [7, 11) is -1.57. The summed E-state index contributed by atoms with van der Waals surface area (Å²) in [5, 5.41) is 3.15. The van der Waals surface area contributed by atoms with Crippen molar-refractivity contribution in [2.75, 3.05) is 13.6 Å². The second-order valence-corrected chi connectivity index (χ2v) is 6.31. The molecule has 1 aromatic heterocycles. The lowest BCUT2D eigenvalue weighted by Crippen LogP contribution is -2.33. The maximum atomic E-state index is 12.4. The highest BCUT2D eigenvalue weighted by molar-refractivity contribution is 7.89. The fraction of sp³-hybridized carbons (Fsp3) is 0.583. The number of sulfonamides is 1. The fourth-order valence-corrected chi connectivity index (χ4v) is 3.59. The number of hydrogen-bond acceptors (Lipinski definition) is 4. The van der Waals surface area contributed by atoms with Crippen LogP contribution >= 0.6 is 0 Å². The van der Waals surface area contributed by atoms with Gasteiger partial charge in [0.1, 0.15) is 0 Å². The summed E-state index contributed by atoms with van der Waals surface area (Å²) >= 11 is 0. The van der Waals surface area contributed by atoms with E-state index in [-0.39, 0.29) is 11.1 Å². The van der Waals surface area contributed by atoms with Gasteiger partial charge >= 0.3 is 0 Å². The van der Waals surface area contributed by atoms with Crippen LogP contribution in [0.15, 0.2) is 23.4 Å². The highest BCUT2D eigenvalue weighted by Gasteiger charge is 2.37. The van der Waals surface area contributed by atoms with Crippen LogP contribution in [0, 0.1) is 0 Å². The topological polar surface area (TPSA) is 62.3 Å². The standard InChI is InChI=1S/C12H19N3O2S/c1-3-15(11-5-6-11)18(16,17)12-7-4-10(8-13-2)9-14-12/h4,7,9,11,13H,3,5-6,8H2,1-2H3. The molecule has 5 nitrogen and oxygen atoms in total. The van der Waals surface area contributed by atoms with Gasteiger partial charge in [-0.25, -0.2) is 13.4 Å². The van der Waals surface area contributed by atoms with Gasteiger partial charge < -0.3 is 5.32 Å². The molecule has 1 aliphatic rings. The minimum atomic E-state index is -3.42. The van der Waals surface area contributed by atoms with Crippen LogP contribution in [0.3, 0.4) is 0 Å². The molecule has 1 aromatic rings. The van der Waals surface area contributed by atoms with Gasteiger partial charge in [-0.2, -0.15) is 4.31 Å². The van der Waals surface area contributed by atoms with E-state index >= 15 is 0 Å². The highest BCUT2D eigenvalue weighted by atomic mass is 32.2. The maximum Gasteiger partial charge on any atom is 0.260 e. The second-order valence-electron chi connectivity index (χ2n) is 4.47. The molecule has 2 rings (SSSR count). The monoisotopic (exact) mass is 269 g/mol. The average Bonchev–Trinajstić information content (AvgIpc) is 3.15. The number of aromatic nitrogens is 1. The molecule has 1 fully saturated rings. The molecule has 6 heteroatoms. The van der Waals surface area contributed by atoms with Gasteiger partial charge in [0.2, 0.25) is 0 Å². The van der Waals surface area contributed by atoms with Crippen molar-refractivity contribution in [1.29, 1.82) is 0 Å². The molecule has 0 aliphatic heterocycles. The van der Waals surface area contributed by atoms with Gasteiger partial charge in [0.25, 0.3) is 10.0 Å². The van der Waals surface area contributed by atoms with Crippen molar-refractivity contribution in [2.45, 2.75) is 37.4 Å². The summed E-state index contributed by atoms with van der Waals surface area (Å²) in [6.45, 7) is 3.06. The molecule has 1 aliphatic carbocycles. The first kappa shape index (κ1) is 13.5. The molecule has 1 heterocycles. The maximum absolute atomic E-state index is 12.4. The van der Waals surface area contributed by atoms with E-state index in [1.54, 1.807) is 22.6 Å². The Labute approximate surface area is 108 Å². The second kappa shape index (κ2) is 5.34. The van der Waals surface area contributed by atoms with Crippen LogP contribution in [0.2, 0.25) is 0 Å². The van der Waals surface area contributed by atoms with Crippen LogP contribution in [0.1, 0.15) is 25.3 Å². The molecular weight excluding hydrogens is 250 g/mol. The SMILES string of the molecule is CCN(C1CC1)S(=O)(=O)c1ccc(CNC)cn1. The predicted molar refractivity (Wildman–Crippen MR) is 69.6 cm³/mol. The van der Waals surface area contributed by atoms with Gasteiger partial charge in [-0.1, -0.05) is 13.0 Å². The molecule has 0 unspecified atom stereocenters. The zero-order valence-electron chi connectivity index (χ0n) is 10.8. The van der Waals surface area contributed by atoms with Gasteiger partial charge in [0.15, 0.2) is 5.03 Å². The van der Waals surface area contributed by atoms with Gasteiger partial charge in [-0.3, -0.25) is 0 Å². The minimum Gasteiger partial charge on any atom is -0.316 e. The Kier molecular flexibility index (Phi) is 3.99. The van der Waals surface area contributed by atoms with Crippen molar-refractivity contribution >= 4 is 10.0 Å². The Morgan fingerprint density at radius 2 is 2.17 bits per heavy atom. The van der Waals surface area contributed by atoms with E-state index in [0.717, 1.165) is 18.4 Å². The molecule has 0 aromatic carbocycles. The van der Waals surface area contributed by atoms with E-state index in [2.05, 4.69) is 10.3 Å². The van der Waals surface area contributed by atoms with Crippen LogP contribution in [0.4, 0.5) is 0 Å². The fourth-order valence-electron chi connectivity index (χ4n) is 1.98. The van der Waals surface area contributed by atoms with E-state index in [1.165, 1.54) is 0 Å². The number of nitrogens with zero attached hydrogens (tertiary/aromatic N) is 2. The molecule has 0 bridgehead atoms. The van der Waals surface area contributed by atoms with Gasteiger partial charge in [-0.05, 0) is 31.5 Å². The van der Waals surface area contributed by atoms with Gasteiger partial charge in [-0.15, -0.1) is 0 Å². The number of nitrogens with one attached hydrogen (secondary N) is 1. The van der Waals surface area contributed by atoms with Crippen molar-refractivity contribution in [1.82, 2.24) is 14.6 Å². The van der Waals surface area contributed by atoms with Crippen LogP contribution in [-0.4, -0.2) is 37.3 Å². The molecule has 0 atom stereocenters. The third-order valence-corrected chi connectivity index (χ3v) is 4.96. The summed E-state index contributed by atoms with van der Waals surface area (Å²) in [6.07, 6.45) is 3.54. The molecular formula is C12H19N3O2S. The normalized spacial score (nSPS) is 16.2. The predicted octanol–water partition coefficient (Wildman–Crippen LogP) is 0.974. The summed E-state index contributed by atoms with van der Waals surface area (Å²) in [5.41, 5.74) is 0.978. The zero-order valence-corrected chi connectivity index (χ0v) is 11.6. The average molecular weight is 269 g/mol. The third-order valence-electron chi connectivity index (χ3n) is 3.02. The van der Waals surface area contributed by atoms with Crippen LogP contribution in [-0.2, 0) is 16.6 Å². The Morgan fingerprint density at radius 3 is 2.61 bits per heavy atom. The summed E-state index contributed by atoms with van der Waals surface area (Å²) in [5.74, 6) is 0. The molecule has 0 spiro atoms. The molecule has 0 amide bonds. The Hall–Kier alpha value is -0.980. The molecule has 1 saturated carbocycles. The van der Waals surface area contributed by atoms with E-state index < -0.39 is 10.0 Å². The molecule has 1 N–H and O–H groups in total. The lowest BCUT2D eigenvalue weighted by Gasteiger charge is -2.19. The number of hydrogen-bond donors (Lipinski definition) is 1. The Bertz CT molecular complexity index is 495. The third kappa shape index (κ3) is 2.71. The van der Waals surface area contributed by atoms with Crippen molar-refractivity contribution in [3.63, 3.8) is 0 Å². The summed E-state index contributed by atoms with van der Waals surface area (Å²) < 4.78 is 26.3. The van der Waals surface area contributed by atoms with Gasteiger partial charge in [0, 0.05) is 25.3 Å². The van der Waals surface area contributed by atoms with Crippen LogP contribution < -0.4 is 5.32 Å². The number of rotatable bonds is 6. The Morgan fingerprint density at radius 1 is 1.44 bits per heavy atom. The van der Waals surface area contributed by atoms with Crippen molar-refractivity contribution in [3.05, 3.63) is 23.9 Å².